The van der Waals surface area contributed by atoms with E-state index >= 15 is 0 Å². The van der Waals surface area contributed by atoms with Crippen molar-refractivity contribution < 1.29 is 19.0 Å². The minimum absolute atomic E-state index is 0.0311. The summed E-state index contributed by atoms with van der Waals surface area (Å²) >= 11 is 0. The molecule has 162 valence electrons. The first-order valence-corrected chi connectivity index (χ1v) is 10.5. The summed E-state index contributed by atoms with van der Waals surface area (Å²) in [6, 6.07) is 16.0. The Bertz CT molecular complexity index is 936. The molecule has 2 aromatic carbocycles. The fraction of sp³-hybridized carbons (Fsp3) is 0.360. The number of hydrogen-bond donors (Lipinski definition) is 1. The van der Waals surface area contributed by atoms with Crippen molar-refractivity contribution in [1.82, 2.24) is 5.32 Å². The van der Waals surface area contributed by atoms with Gasteiger partial charge in [0.25, 0.3) is 0 Å². The summed E-state index contributed by atoms with van der Waals surface area (Å²) in [5.74, 6) is 1.51. The molecule has 2 aliphatic heterocycles. The lowest BCUT2D eigenvalue weighted by Crippen LogP contribution is -2.47. The van der Waals surface area contributed by atoms with E-state index in [4.69, 9.17) is 19.2 Å². The van der Waals surface area contributed by atoms with Crippen molar-refractivity contribution in [2.24, 2.45) is 10.9 Å². The molecule has 1 saturated heterocycles. The monoisotopic (exact) mass is 420 g/mol. The molecule has 0 bridgehead atoms. The summed E-state index contributed by atoms with van der Waals surface area (Å²) in [6.07, 6.45) is 6.79. The molecule has 0 aromatic heterocycles. The number of carbonyl (C=O) groups excluding carboxylic acids is 1. The highest BCUT2D eigenvalue weighted by molar-refractivity contribution is 5.79. The van der Waals surface area contributed by atoms with Crippen LogP contribution in [0.2, 0.25) is 0 Å². The van der Waals surface area contributed by atoms with E-state index in [1.807, 2.05) is 48.7 Å². The molecular formula is C25H28N2O4. The number of allylic oxidation sites excluding steroid dienone is 1. The number of amides is 1. The molecular weight excluding hydrogens is 392 g/mol. The minimum atomic E-state index is -0.554. The van der Waals surface area contributed by atoms with Crippen molar-refractivity contribution >= 4 is 12.1 Å². The van der Waals surface area contributed by atoms with Gasteiger partial charge < -0.3 is 19.5 Å². The van der Waals surface area contributed by atoms with Crippen LogP contribution in [0.1, 0.15) is 17.5 Å². The first kappa shape index (κ1) is 21.1. The second-order valence-electron chi connectivity index (χ2n) is 8.01. The van der Waals surface area contributed by atoms with Crippen LogP contribution < -0.4 is 14.8 Å². The fourth-order valence-corrected chi connectivity index (χ4v) is 4.40. The Labute approximate surface area is 182 Å². The third-order valence-corrected chi connectivity index (χ3v) is 5.89. The lowest BCUT2D eigenvalue weighted by molar-refractivity contribution is -0.120. The summed E-state index contributed by atoms with van der Waals surface area (Å²) in [4.78, 5) is 16.9. The third kappa shape index (κ3) is 4.80. The molecule has 2 aromatic rings. The van der Waals surface area contributed by atoms with Gasteiger partial charge in [-0.05, 0) is 29.3 Å². The molecule has 1 fully saturated rings. The van der Waals surface area contributed by atoms with Gasteiger partial charge >= 0.3 is 0 Å². The van der Waals surface area contributed by atoms with Crippen LogP contribution in [-0.2, 0) is 22.6 Å². The molecule has 3 atom stereocenters. The highest BCUT2D eigenvalue weighted by atomic mass is 16.5. The van der Waals surface area contributed by atoms with Gasteiger partial charge in [-0.1, -0.05) is 36.4 Å². The summed E-state index contributed by atoms with van der Waals surface area (Å²) in [7, 11) is 3.26. The number of rotatable bonds is 9. The molecule has 0 spiro atoms. The second kappa shape index (κ2) is 9.35. The van der Waals surface area contributed by atoms with Crippen LogP contribution in [0.25, 0.3) is 0 Å². The van der Waals surface area contributed by atoms with Crippen LogP contribution in [0.5, 0.6) is 11.5 Å². The van der Waals surface area contributed by atoms with E-state index in [2.05, 4.69) is 23.5 Å². The zero-order valence-corrected chi connectivity index (χ0v) is 17.9. The average molecular weight is 421 g/mol. The molecule has 1 N–H and O–H groups in total. The van der Waals surface area contributed by atoms with E-state index in [0.29, 0.717) is 37.5 Å². The topological polar surface area (TPSA) is 69.2 Å². The Kier molecular flexibility index (Phi) is 6.37. The first-order valence-electron chi connectivity index (χ1n) is 10.5. The quantitative estimate of drug-likeness (QED) is 0.676. The zero-order chi connectivity index (χ0) is 21.7. The van der Waals surface area contributed by atoms with Gasteiger partial charge in [-0.3, -0.25) is 9.79 Å². The van der Waals surface area contributed by atoms with Crippen molar-refractivity contribution in [3.63, 3.8) is 0 Å². The Morgan fingerprint density at radius 2 is 1.84 bits per heavy atom. The number of nitrogens with one attached hydrogen (secondary N) is 1. The molecule has 6 nitrogen and oxygen atoms in total. The van der Waals surface area contributed by atoms with Crippen molar-refractivity contribution in [1.29, 1.82) is 0 Å². The largest absolute Gasteiger partial charge is 0.497 e. The predicted octanol–water partition coefficient (Wildman–Crippen LogP) is 3.35. The molecule has 1 amide bonds. The van der Waals surface area contributed by atoms with E-state index < -0.39 is 5.54 Å². The maximum atomic E-state index is 12.0. The number of carbonyl (C=O) groups is 1. The molecule has 0 radical (unpaired) electrons. The van der Waals surface area contributed by atoms with E-state index in [1.54, 1.807) is 14.2 Å². The standard InChI is InChI=1S/C25H28N2O4/c1-29-21-11-19(12-22(14-21)30-2)17-31-24(20-13-23(28)26-16-20)25(9-6-10-27-25)15-18-7-4-3-5-8-18/h3-12,14,20,24H,13,15-17H2,1-2H3,(H,26,28). The van der Waals surface area contributed by atoms with Crippen LogP contribution in [-0.4, -0.2) is 44.5 Å². The summed E-state index contributed by atoms with van der Waals surface area (Å²) in [6.45, 7) is 0.952. The van der Waals surface area contributed by atoms with E-state index in [1.165, 1.54) is 5.56 Å². The maximum absolute atomic E-state index is 12.0. The van der Waals surface area contributed by atoms with Crippen molar-refractivity contribution in [2.75, 3.05) is 20.8 Å². The first-order chi connectivity index (χ1) is 15.1. The molecule has 2 aliphatic rings. The fourth-order valence-electron chi connectivity index (χ4n) is 4.40. The number of methoxy groups -OCH3 is 2. The van der Waals surface area contributed by atoms with E-state index in [9.17, 15) is 4.79 Å². The smallest absolute Gasteiger partial charge is 0.220 e. The number of ether oxygens (including phenoxy) is 3. The van der Waals surface area contributed by atoms with Gasteiger partial charge in [0.2, 0.25) is 5.91 Å². The van der Waals surface area contributed by atoms with E-state index in [-0.39, 0.29) is 17.9 Å². The number of aliphatic imine (C=N–C) groups is 1. The van der Waals surface area contributed by atoms with Crippen LogP contribution >= 0.6 is 0 Å². The summed E-state index contributed by atoms with van der Waals surface area (Å²) < 4.78 is 17.3. The molecule has 31 heavy (non-hydrogen) atoms. The molecule has 0 aliphatic carbocycles. The summed E-state index contributed by atoms with van der Waals surface area (Å²) in [5, 5.41) is 2.95. The molecule has 4 rings (SSSR count). The maximum Gasteiger partial charge on any atom is 0.220 e. The Morgan fingerprint density at radius 3 is 2.42 bits per heavy atom. The van der Waals surface area contributed by atoms with Crippen LogP contribution in [0.3, 0.4) is 0 Å². The number of nitrogens with zero attached hydrogens (tertiary/aromatic N) is 1. The number of benzene rings is 2. The van der Waals surface area contributed by atoms with E-state index in [0.717, 1.165) is 5.56 Å². The van der Waals surface area contributed by atoms with Crippen molar-refractivity contribution in [2.45, 2.75) is 31.1 Å². The SMILES string of the molecule is COc1cc(COC(C2CNC(=O)C2)C2(Cc3ccccc3)C=CC=N2)cc(OC)c1. The lowest BCUT2D eigenvalue weighted by atomic mass is 9.79. The van der Waals surface area contributed by atoms with Crippen molar-refractivity contribution in [3.8, 4) is 11.5 Å². The normalized spacial score (nSPS) is 23.0. The van der Waals surface area contributed by atoms with Gasteiger partial charge in [-0.15, -0.1) is 0 Å². The van der Waals surface area contributed by atoms with Gasteiger partial charge in [0.15, 0.2) is 0 Å². The molecule has 6 heteroatoms. The molecule has 3 unspecified atom stereocenters. The van der Waals surface area contributed by atoms with Gasteiger partial charge in [0, 0.05) is 37.6 Å². The highest BCUT2D eigenvalue weighted by Crippen LogP contribution is 2.36. The Morgan fingerprint density at radius 1 is 1.10 bits per heavy atom. The predicted molar refractivity (Wildman–Crippen MR) is 120 cm³/mol. The third-order valence-electron chi connectivity index (χ3n) is 5.89. The summed E-state index contributed by atoms with van der Waals surface area (Å²) in [5.41, 5.74) is 1.57. The van der Waals surface area contributed by atoms with Gasteiger partial charge in [0.1, 0.15) is 17.0 Å². The second-order valence-corrected chi connectivity index (χ2v) is 8.01. The Balaban J connectivity index is 1.62. The van der Waals surface area contributed by atoms with Crippen LogP contribution in [0.4, 0.5) is 0 Å². The van der Waals surface area contributed by atoms with Crippen LogP contribution in [0, 0.1) is 5.92 Å². The molecule has 0 saturated carbocycles. The lowest BCUT2D eigenvalue weighted by Gasteiger charge is -2.37. The van der Waals surface area contributed by atoms with Gasteiger partial charge in [-0.25, -0.2) is 0 Å². The van der Waals surface area contributed by atoms with Crippen molar-refractivity contribution in [3.05, 3.63) is 71.8 Å². The number of hydrogen-bond acceptors (Lipinski definition) is 5. The van der Waals surface area contributed by atoms with Gasteiger partial charge in [0.05, 0.1) is 26.9 Å². The van der Waals surface area contributed by atoms with Crippen LogP contribution in [0.15, 0.2) is 65.7 Å². The van der Waals surface area contributed by atoms with Gasteiger partial charge in [-0.2, -0.15) is 0 Å². The zero-order valence-electron chi connectivity index (χ0n) is 17.9. The molecule has 2 heterocycles. The Hall–Kier alpha value is -3.12. The highest BCUT2D eigenvalue weighted by Gasteiger charge is 2.45. The minimum Gasteiger partial charge on any atom is -0.497 e. The average Bonchev–Trinajstić information content (AvgIpc) is 3.44.